The number of aromatic amines is 1. The standard InChI is InChI=1S/C14H14FN3O4/c1-3-22-13(20)9-7-16-14(18-12(9)19)17-11-6-8(21-2)4-5-10(11)15/h4-7H,3H2,1-2H3,(H2,16,17,18,19). The zero-order valence-corrected chi connectivity index (χ0v) is 12.0. The summed E-state index contributed by atoms with van der Waals surface area (Å²) >= 11 is 0. The van der Waals surface area contributed by atoms with Crippen LogP contribution in [0.2, 0.25) is 0 Å². The maximum Gasteiger partial charge on any atom is 0.345 e. The molecule has 22 heavy (non-hydrogen) atoms. The Balaban J connectivity index is 2.26. The predicted molar refractivity (Wildman–Crippen MR) is 77.0 cm³/mol. The highest BCUT2D eigenvalue weighted by molar-refractivity contribution is 5.88. The molecular formula is C14H14FN3O4. The molecule has 0 unspecified atom stereocenters. The molecule has 0 saturated carbocycles. The molecule has 0 fully saturated rings. The first-order valence-electron chi connectivity index (χ1n) is 6.42. The lowest BCUT2D eigenvalue weighted by atomic mass is 10.3. The number of rotatable bonds is 5. The van der Waals surface area contributed by atoms with Gasteiger partial charge in [-0.05, 0) is 19.1 Å². The van der Waals surface area contributed by atoms with Crippen molar-refractivity contribution < 1.29 is 18.7 Å². The van der Waals surface area contributed by atoms with E-state index in [1.54, 1.807) is 6.92 Å². The number of aromatic nitrogens is 2. The second-order valence-corrected chi connectivity index (χ2v) is 4.17. The number of carbonyl (C=O) groups excluding carboxylic acids is 1. The van der Waals surface area contributed by atoms with Gasteiger partial charge in [0, 0.05) is 6.07 Å². The van der Waals surface area contributed by atoms with Gasteiger partial charge in [-0.1, -0.05) is 0 Å². The first-order chi connectivity index (χ1) is 10.5. The molecule has 2 N–H and O–H groups in total. The average Bonchev–Trinajstić information content (AvgIpc) is 2.50. The molecule has 116 valence electrons. The Labute approximate surface area is 125 Å². The van der Waals surface area contributed by atoms with E-state index in [2.05, 4.69) is 15.3 Å². The quantitative estimate of drug-likeness (QED) is 0.819. The van der Waals surface area contributed by atoms with E-state index in [4.69, 9.17) is 9.47 Å². The lowest BCUT2D eigenvalue weighted by Crippen LogP contribution is -2.21. The molecule has 7 nitrogen and oxygen atoms in total. The average molecular weight is 307 g/mol. The van der Waals surface area contributed by atoms with Gasteiger partial charge in [0.1, 0.15) is 17.1 Å². The van der Waals surface area contributed by atoms with Gasteiger partial charge in [0.2, 0.25) is 5.95 Å². The van der Waals surface area contributed by atoms with Gasteiger partial charge in [-0.2, -0.15) is 0 Å². The minimum absolute atomic E-state index is 0.00907. The number of hydrogen-bond donors (Lipinski definition) is 2. The van der Waals surface area contributed by atoms with Crippen LogP contribution < -0.4 is 15.6 Å². The summed E-state index contributed by atoms with van der Waals surface area (Å²) in [5.74, 6) is -0.882. The summed E-state index contributed by atoms with van der Waals surface area (Å²) < 4.78 is 23.4. The van der Waals surface area contributed by atoms with E-state index in [-0.39, 0.29) is 23.8 Å². The number of carbonyl (C=O) groups is 1. The number of ether oxygens (including phenoxy) is 2. The van der Waals surface area contributed by atoms with Crippen LogP contribution in [-0.2, 0) is 4.74 Å². The summed E-state index contributed by atoms with van der Waals surface area (Å²) in [4.78, 5) is 29.5. The molecule has 0 aliphatic carbocycles. The molecule has 1 aromatic heterocycles. The van der Waals surface area contributed by atoms with Crippen molar-refractivity contribution in [1.82, 2.24) is 9.97 Å². The van der Waals surface area contributed by atoms with E-state index >= 15 is 0 Å². The summed E-state index contributed by atoms with van der Waals surface area (Å²) in [6.07, 6.45) is 1.07. The summed E-state index contributed by atoms with van der Waals surface area (Å²) in [6.45, 7) is 1.77. The second-order valence-electron chi connectivity index (χ2n) is 4.17. The number of H-pyrrole nitrogens is 1. The van der Waals surface area contributed by atoms with E-state index < -0.39 is 17.3 Å². The van der Waals surface area contributed by atoms with Crippen molar-refractivity contribution in [2.75, 3.05) is 19.0 Å². The first-order valence-corrected chi connectivity index (χ1v) is 6.42. The largest absolute Gasteiger partial charge is 0.497 e. The number of hydrogen-bond acceptors (Lipinski definition) is 6. The van der Waals surface area contributed by atoms with Crippen molar-refractivity contribution in [2.24, 2.45) is 0 Å². The number of esters is 1. The van der Waals surface area contributed by atoms with Gasteiger partial charge in [0.15, 0.2) is 0 Å². The molecule has 0 atom stereocenters. The molecule has 1 aromatic carbocycles. The number of benzene rings is 1. The lowest BCUT2D eigenvalue weighted by molar-refractivity contribution is 0.0524. The molecule has 0 amide bonds. The smallest absolute Gasteiger partial charge is 0.345 e. The molecule has 0 aliphatic heterocycles. The molecule has 1 heterocycles. The van der Waals surface area contributed by atoms with E-state index in [1.807, 2.05) is 0 Å². The van der Waals surface area contributed by atoms with E-state index in [0.717, 1.165) is 6.20 Å². The Hall–Kier alpha value is -2.90. The van der Waals surface area contributed by atoms with Crippen LogP contribution >= 0.6 is 0 Å². The molecule has 2 rings (SSSR count). The van der Waals surface area contributed by atoms with Gasteiger partial charge in [-0.3, -0.25) is 9.78 Å². The van der Waals surface area contributed by atoms with E-state index in [0.29, 0.717) is 5.75 Å². The third kappa shape index (κ3) is 3.40. The number of methoxy groups -OCH3 is 1. The van der Waals surface area contributed by atoms with Crippen molar-refractivity contribution in [1.29, 1.82) is 0 Å². The minimum atomic E-state index is -0.768. The molecular weight excluding hydrogens is 293 g/mol. The van der Waals surface area contributed by atoms with E-state index in [9.17, 15) is 14.0 Å². The Morgan fingerprint density at radius 3 is 2.86 bits per heavy atom. The molecule has 0 aliphatic rings. The fraction of sp³-hybridized carbons (Fsp3) is 0.214. The summed E-state index contributed by atoms with van der Waals surface area (Å²) in [7, 11) is 1.45. The monoisotopic (exact) mass is 307 g/mol. The Bertz CT molecular complexity index is 745. The van der Waals surface area contributed by atoms with Crippen LogP contribution in [0.3, 0.4) is 0 Å². The fourth-order valence-corrected chi connectivity index (χ4v) is 1.67. The van der Waals surface area contributed by atoms with E-state index in [1.165, 1.54) is 25.3 Å². The molecule has 2 aromatic rings. The highest BCUT2D eigenvalue weighted by Gasteiger charge is 2.13. The summed E-state index contributed by atoms with van der Waals surface area (Å²) in [5.41, 5.74) is -0.829. The highest BCUT2D eigenvalue weighted by atomic mass is 19.1. The molecule has 0 saturated heterocycles. The van der Waals surface area contributed by atoms with Crippen molar-refractivity contribution in [2.45, 2.75) is 6.92 Å². The van der Waals surface area contributed by atoms with Crippen LogP contribution in [0.25, 0.3) is 0 Å². The minimum Gasteiger partial charge on any atom is -0.497 e. The summed E-state index contributed by atoms with van der Waals surface area (Å²) in [5, 5.41) is 2.61. The topological polar surface area (TPSA) is 93.3 Å². The van der Waals surface area contributed by atoms with Gasteiger partial charge in [0.25, 0.3) is 5.56 Å². The van der Waals surface area contributed by atoms with Crippen LogP contribution in [0, 0.1) is 5.82 Å². The first kappa shape index (κ1) is 15.5. The van der Waals surface area contributed by atoms with Gasteiger partial charge >= 0.3 is 5.97 Å². The third-order valence-corrected chi connectivity index (χ3v) is 2.72. The number of nitrogens with zero attached hydrogens (tertiary/aromatic N) is 1. The highest BCUT2D eigenvalue weighted by Crippen LogP contribution is 2.22. The Morgan fingerprint density at radius 2 is 2.23 bits per heavy atom. The zero-order chi connectivity index (χ0) is 16.1. The third-order valence-electron chi connectivity index (χ3n) is 2.72. The SMILES string of the molecule is CCOC(=O)c1cnc(Nc2cc(OC)ccc2F)[nH]c1=O. The van der Waals surface area contributed by atoms with Gasteiger partial charge < -0.3 is 14.8 Å². The van der Waals surface area contributed by atoms with Gasteiger partial charge in [-0.15, -0.1) is 0 Å². The molecule has 0 spiro atoms. The predicted octanol–water partition coefficient (Wildman–Crippen LogP) is 1.84. The van der Waals surface area contributed by atoms with Crippen LogP contribution in [-0.4, -0.2) is 29.7 Å². The molecule has 0 radical (unpaired) electrons. The molecule has 8 heteroatoms. The van der Waals surface area contributed by atoms with Crippen LogP contribution in [0.5, 0.6) is 5.75 Å². The van der Waals surface area contributed by atoms with Crippen molar-refractivity contribution >= 4 is 17.6 Å². The lowest BCUT2D eigenvalue weighted by Gasteiger charge is -2.08. The van der Waals surface area contributed by atoms with Crippen LogP contribution in [0.4, 0.5) is 16.0 Å². The summed E-state index contributed by atoms with van der Waals surface area (Å²) in [6, 6.07) is 4.08. The second kappa shape index (κ2) is 6.70. The maximum atomic E-state index is 13.7. The zero-order valence-electron chi connectivity index (χ0n) is 12.0. The van der Waals surface area contributed by atoms with Gasteiger partial charge in [-0.25, -0.2) is 14.2 Å². The number of anilines is 2. The van der Waals surface area contributed by atoms with Crippen molar-refractivity contribution in [3.63, 3.8) is 0 Å². The van der Waals surface area contributed by atoms with Gasteiger partial charge in [0.05, 0.1) is 25.6 Å². The normalized spacial score (nSPS) is 10.1. The molecule has 0 bridgehead atoms. The van der Waals surface area contributed by atoms with Crippen molar-refractivity contribution in [3.05, 3.63) is 46.1 Å². The van der Waals surface area contributed by atoms with Crippen molar-refractivity contribution in [3.8, 4) is 5.75 Å². The Kier molecular flexibility index (Phi) is 4.72. The van der Waals surface area contributed by atoms with Crippen LogP contribution in [0.15, 0.2) is 29.2 Å². The Morgan fingerprint density at radius 1 is 1.45 bits per heavy atom. The van der Waals surface area contributed by atoms with Crippen LogP contribution in [0.1, 0.15) is 17.3 Å². The maximum absolute atomic E-state index is 13.7. The number of nitrogens with one attached hydrogen (secondary N) is 2. The fourth-order valence-electron chi connectivity index (χ4n) is 1.67. The number of halogens is 1.